The molecule has 170 valence electrons. The highest BCUT2D eigenvalue weighted by molar-refractivity contribution is 5.88. The summed E-state index contributed by atoms with van der Waals surface area (Å²) in [6.45, 7) is 5.05. The van der Waals surface area contributed by atoms with E-state index in [-0.39, 0.29) is 23.9 Å². The lowest BCUT2D eigenvalue weighted by molar-refractivity contribution is -0.119. The number of ether oxygens (including phenoxy) is 1. The minimum absolute atomic E-state index is 0.0810. The van der Waals surface area contributed by atoms with Crippen molar-refractivity contribution in [1.82, 2.24) is 25.5 Å². The second-order valence-electron chi connectivity index (χ2n) is 8.65. The van der Waals surface area contributed by atoms with Crippen LogP contribution in [0.25, 0.3) is 11.3 Å². The molecule has 3 heterocycles. The predicted molar refractivity (Wildman–Crippen MR) is 121 cm³/mol. The molecule has 3 N–H and O–H groups in total. The van der Waals surface area contributed by atoms with Gasteiger partial charge in [-0.2, -0.15) is 0 Å². The topological polar surface area (TPSA) is 108 Å². The molecule has 4 rings (SSSR count). The summed E-state index contributed by atoms with van der Waals surface area (Å²) < 4.78 is 5.92. The second-order valence-corrected chi connectivity index (χ2v) is 8.65. The molecule has 3 amide bonds. The molecular formula is C23H30N6O3. The van der Waals surface area contributed by atoms with Crippen molar-refractivity contribution in [3.63, 3.8) is 0 Å². The van der Waals surface area contributed by atoms with Crippen LogP contribution in [0.2, 0.25) is 0 Å². The molecular weight excluding hydrogens is 408 g/mol. The number of urea groups is 1. The van der Waals surface area contributed by atoms with Crippen LogP contribution in [-0.4, -0.2) is 66.1 Å². The number of nitrogens with one attached hydrogen (secondary N) is 3. The third kappa shape index (κ3) is 5.73. The van der Waals surface area contributed by atoms with Crippen LogP contribution in [0.5, 0.6) is 5.75 Å². The predicted octanol–water partition coefficient (Wildman–Crippen LogP) is 2.18. The van der Waals surface area contributed by atoms with Crippen molar-refractivity contribution in [2.75, 3.05) is 38.6 Å². The van der Waals surface area contributed by atoms with Gasteiger partial charge in [0.05, 0.1) is 24.7 Å². The van der Waals surface area contributed by atoms with E-state index < -0.39 is 0 Å². The number of nitrogens with zero attached hydrogens (tertiary/aromatic N) is 3. The summed E-state index contributed by atoms with van der Waals surface area (Å²) in [5, 5.41) is 8.63. The van der Waals surface area contributed by atoms with Crippen LogP contribution >= 0.6 is 0 Å². The van der Waals surface area contributed by atoms with Crippen LogP contribution in [0.3, 0.4) is 0 Å². The van der Waals surface area contributed by atoms with E-state index >= 15 is 0 Å². The number of amides is 3. The van der Waals surface area contributed by atoms with E-state index in [1.54, 1.807) is 6.20 Å². The van der Waals surface area contributed by atoms with Crippen molar-refractivity contribution in [1.29, 1.82) is 0 Å². The molecule has 1 aromatic carbocycles. The zero-order chi connectivity index (χ0) is 22.5. The highest BCUT2D eigenvalue weighted by Crippen LogP contribution is 2.26. The summed E-state index contributed by atoms with van der Waals surface area (Å²) in [4.78, 5) is 34.7. The molecule has 0 aliphatic carbocycles. The van der Waals surface area contributed by atoms with Crippen molar-refractivity contribution < 1.29 is 14.3 Å². The van der Waals surface area contributed by atoms with Crippen LogP contribution in [-0.2, 0) is 4.79 Å². The number of piperidine rings is 1. The summed E-state index contributed by atoms with van der Waals surface area (Å²) in [5.74, 6) is 1.47. The molecule has 2 aromatic rings. The Morgan fingerprint density at radius 3 is 2.97 bits per heavy atom. The van der Waals surface area contributed by atoms with E-state index in [9.17, 15) is 9.59 Å². The third-order valence-electron chi connectivity index (χ3n) is 5.84. The Labute approximate surface area is 188 Å². The van der Waals surface area contributed by atoms with Crippen LogP contribution in [0.1, 0.15) is 24.8 Å². The number of aryl methyl sites for hydroxylation is 1. The Balaban J connectivity index is 1.36. The highest BCUT2D eigenvalue weighted by atomic mass is 16.5. The molecule has 9 heteroatoms. The van der Waals surface area contributed by atoms with Crippen molar-refractivity contribution in [2.24, 2.45) is 5.92 Å². The van der Waals surface area contributed by atoms with Crippen LogP contribution < -0.4 is 20.7 Å². The van der Waals surface area contributed by atoms with Gasteiger partial charge in [0.25, 0.3) is 0 Å². The minimum Gasteiger partial charge on any atom is -0.493 e. The molecule has 2 fully saturated rings. The van der Waals surface area contributed by atoms with Gasteiger partial charge in [-0.25, -0.2) is 9.78 Å². The Morgan fingerprint density at radius 1 is 1.34 bits per heavy atom. The quantitative estimate of drug-likeness (QED) is 0.638. The van der Waals surface area contributed by atoms with Gasteiger partial charge in [0.15, 0.2) is 5.82 Å². The average Bonchev–Trinajstić information content (AvgIpc) is 3.18. The first-order valence-electron chi connectivity index (χ1n) is 11.0. The summed E-state index contributed by atoms with van der Waals surface area (Å²) in [7, 11) is 2.06. The van der Waals surface area contributed by atoms with Crippen molar-refractivity contribution in [3.8, 4) is 17.0 Å². The molecule has 0 radical (unpaired) electrons. The third-order valence-corrected chi connectivity index (χ3v) is 5.84. The molecule has 32 heavy (non-hydrogen) atoms. The SMILES string of the molecule is Cc1cc(-c2cncc(NC(=O)NC3CCCN(C)C3)n2)ccc1OCC1CNC(=O)C1. The van der Waals surface area contributed by atoms with Gasteiger partial charge in [0.1, 0.15) is 5.75 Å². The second kappa shape index (κ2) is 9.95. The van der Waals surface area contributed by atoms with Crippen molar-refractivity contribution in [2.45, 2.75) is 32.2 Å². The van der Waals surface area contributed by atoms with Crippen LogP contribution in [0.15, 0.2) is 30.6 Å². The standard InChI is InChI=1S/C23H30N6O3/c1-15-8-17(5-6-20(15)32-14-16-9-22(30)25-10-16)19-11-24-12-21(27-19)28-23(31)26-18-4-3-7-29(2)13-18/h5-6,8,11-12,16,18H,3-4,7,9-10,13-14H2,1-2H3,(H,25,30)(H2,26,27,28,31). The smallest absolute Gasteiger partial charge is 0.320 e. The first-order valence-corrected chi connectivity index (χ1v) is 11.0. The lowest BCUT2D eigenvalue weighted by Crippen LogP contribution is -2.47. The van der Waals surface area contributed by atoms with E-state index in [4.69, 9.17) is 4.74 Å². The van der Waals surface area contributed by atoms with E-state index in [1.165, 1.54) is 6.20 Å². The van der Waals surface area contributed by atoms with E-state index in [0.29, 0.717) is 31.1 Å². The molecule has 2 saturated heterocycles. The summed E-state index contributed by atoms with van der Waals surface area (Å²) >= 11 is 0. The van der Waals surface area contributed by atoms with Gasteiger partial charge in [-0.15, -0.1) is 0 Å². The largest absolute Gasteiger partial charge is 0.493 e. The van der Waals surface area contributed by atoms with Gasteiger partial charge in [-0.05, 0) is 57.1 Å². The molecule has 2 unspecified atom stereocenters. The van der Waals surface area contributed by atoms with E-state index in [2.05, 4.69) is 37.9 Å². The number of benzene rings is 1. The Kier molecular flexibility index (Phi) is 6.84. The van der Waals surface area contributed by atoms with Crippen LogP contribution in [0, 0.1) is 12.8 Å². The number of rotatable bonds is 6. The van der Waals surface area contributed by atoms with Crippen molar-refractivity contribution >= 4 is 17.8 Å². The lowest BCUT2D eigenvalue weighted by Gasteiger charge is -2.30. The molecule has 9 nitrogen and oxygen atoms in total. The average molecular weight is 439 g/mol. The summed E-state index contributed by atoms with van der Waals surface area (Å²) in [5.41, 5.74) is 2.53. The number of carbonyl (C=O) groups is 2. The molecule has 2 aliphatic rings. The lowest BCUT2D eigenvalue weighted by atomic mass is 10.1. The van der Waals surface area contributed by atoms with Gasteiger partial charge < -0.3 is 20.3 Å². The zero-order valence-electron chi connectivity index (χ0n) is 18.6. The van der Waals surface area contributed by atoms with Crippen molar-refractivity contribution in [3.05, 3.63) is 36.2 Å². The Hall–Kier alpha value is -3.20. The fourth-order valence-corrected chi connectivity index (χ4v) is 4.15. The number of hydrogen-bond donors (Lipinski definition) is 3. The summed E-state index contributed by atoms with van der Waals surface area (Å²) in [6, 6.07) is 5.68. The Morgan fingerprint density at radius 2 is 2.22 bits per heavy atom. The van der Waals surface area contributed by atoms with Gasteiger partial charge in [-0.1, -0.05) is 0 Å². The van der Waals surface area contributed by atoms with Gasteiger partial charge in [0, 0.05) is 37.0 Å². The number of anilines is 1. The van der Waals surface area contributed by atoms with Gasteiger partial charge in [0.2, 0.25) is 5.91 Å². The van der Waals surface area contributed by atoms with E-state index in [1.807, 2.05) is 25.1 Å². The fourth-order valence-electron chi connectivity index (χ4n) is 4.15. The first-order chi connectivity index (χ1) is 15.5. The van der Waals surface area contributed by atoms with E-state index in [0.717, 1.165) is 42.8 Å². The molecule has 0 bridgehead atoms. The number of carbonyl (C=O) groups excluding carboxylic acids is 2. The minimum atomic E-state index is -0.267. The molecule has 0 saturated carbocycles. The number of hydrogen-bond acceptors (Lipinski definition) is 6. The molecule has 0 spiro atoms. The monoisotopic (exact) mass is 438 g/mol. The van der Waals surface area contributed by atoms with Gasteiger partial charge in [-0.3, -0.25) is 15.1 Å². The maximum Gasteiger partial charge on any atom is 0.320 e. The first kappa shape index (κ1) is 22.0. The zero-order valence-corrected chi connectivity index (χ0v) is 18.6. The summed E-state index contributed by atoms with van der Waals surface area (Å²) in [6.07, 6.45) is 5.77. The maximum atomic E-state index is 12.4. The number of likely N-dealkylation sites (N-methyl/N-ethyl adjacent to an activating group) is 1. The van der Waals surface area contributed by atoms with Crippen LogP contribution in [0.4, 0.5) is 10.6 Å². The number of likely N-dealkylation sites (tertiary alicyclic amines) is 1. The fraction of sp³-hybridized carbons (Fsp3) is 0.478. The van der Waals surface area contributed by atoms with Gasteiger partial charge >= 0.3 is 6.03 Å². The molecule has 1 aromatic heterocycles. The normalized spacial score (nSPS) is 21.1. The number of aromatic nitrogens is 2. The maximum absolute atomic E-state index is 12.4. The highest BCUT2D eigenvalue weighted by Gasteiger charge is 2.22. The molecule has 2 atom stereocenters. The molecule has 2 aliphatic heterocycles. The Bertz CT molecular complexity index is 982.